The van der Waals surface area contributed by atoms with Crippen LogP contribution >= 0.6 is 0 Å². The van der Waals surface area contributed by atoms with Gasteiger partial charge >= 0.3 is 5.97 Å². The molecule has 2 aliphatic heterocycles. The SMILES string of the molecule is C#CCOc1cc(C[N+]2(CC(=O)NC(CCc3ccccc3)C(=O)NC(CC(C)C)C(=O)NC(Cc3ccccc3)C(=O)NC(CC(C)C)C(=O)[C@@]3(C)CO3)CCOCC2)ccc1OC(=O)CCC.CS(=O)(=O)[O-]. The van der Waals surface area contributed by atoms with E-state index in [1.54, 1.807) is 19.1 Å². The van der Waals surface area contributed by atoms with Gasteiger partial charge in [0, 0.05) is 24.7 Å². The minimum absolute atomic E-state index is 0.0179. The van der Waals surface area contributed by atoms with Crippen molar-refractivity contribution in [2.24, 2.45) is 11.8 Å². The molecule has 0 bridgehead atoms. The Bertz CT molecular complexity index is 2480. The first-order valence-corrected chi connectivity index (χ1v) is 27.0. The fraction of sp³-hybridized carbons (Fsp3) is 0.527. The summed E-state index contributed by atoms with van der Waals surface area (Å²) in [7, 11) is -3.92. The van der Waals surface area contributed by atoms with Crippen molar-refractivity contribution in [1.82, 2.24) is 21.3 Å². The number of Topliss-reactive ketones (excluding diaryl/α,β-unsaturated/α-hetero) is 1. The van der Waals surface area contributed by atoms with Gasteiger partial charge in [-0.25, -0.2) is 8.42 Å². The van der Waals surface area contributed by atoms with Crippen molar-refractivity contribution >= 4 is 45.5 Å². The Kier molecular flexibility index (Phi) is 23.7. The maximum absolute atomic E-state index is 14.5. The summed E-state index contributed by atoms with van der Waals surface area (Å²) in [5.74, 6) is 0.457. The van der Waals surface area contributed by atoms with E-state index in [1.807, 2.05) is 101 Å². The van der Waals surface area contributed by atoms with Crippen molar-refractivity contribution < 1.29 is 65.2 Å². The van der Waals surface area contributed by atoms with Crippen molar-refractivity contribution in [2.45, 2.75) is 123 Å². The number of carbonyl (C=O) groups is 6. The number of carbonyl (C=O) groups excluding carboxylic acids is 6. The number of terminal acetylenes is 1. The van der Waals surface area contributed by atoms with Crippen LogP contribution in [0, 0.1) is 24.2 Å². The van der Waals surface area contributed by atoms with Crippen molar-refractivity contribution in [3.63, 3.8) is 0 Å². The fourth-order valence-corrected chi connectivity index (χ4v) is 8.50. The standard InChI is InChI=1S/C54H71N5O10.CH4O3S/c1-8-16-49(61)69-46-24-22-41(33-47(46)67-27-9-2)34-59(25-28-66-29-26-59)35-48(60)55-42(23-21-39-17-12-10-13-18-39)51(63)57-44(31-38(5)6)52(64)58-45(32-40-19-14-11-15-20-40)53(65)56-43(30-37(3)4)50(62)54(7)36-68-54;1-5(2,3)4/h2,10-15,17-20,22,24,33,37-38,42-45H,8,16,21,23,25-32,34-36H2,1,3-7H3,(H3-,55,56,57,58,60,63,64,65);1H3,(H,2,3,4)/t42?,43?,44?,45?,54-;/m1./s1. The molecule has 4 unspecified atom stereocenters. The Labute approximate surface area is 436 Å². The first-order chi connectivity index (χ1) is 35.0. The molecule has 3 aromatic rings. The number of nitrogens with one attached hydrogen (secondary N) is 4. The summed E-state index contributed by atoms with van der Waals surface area (Å²) in [6, 6.07) is 20.2. The Morgan fingerprint density at radius 2 is 1.31 bits per heavy atom. The Morgan fingerprint density at radius 1 is 0.770 bits per heavy atom. The smallest absolute Gasteiger partial charge is 0.311 e. The molecule has 0 spiro atoms. The zero-order valence-corrected chi connectivity index (χ0v) is 44.6. The van der Waals surface area contributed by atoms with E-state index in [0.717, 1.165) is 16.7 Å². The predicted molar refractivity (Wildman–Crippen MR) is 277 cm³/mol. The summed E-state index contributed by atoms with van der Waals surface area (Å²) in [5, 5.41) is 11.8. The zero-order chi connectivity index (χ0) is 54.5. The van der Waals surface area contributed by atoms with Crippen LogP contribution in [0.4, 0.5) is 0 Å². The maximum atomic E-state index is 14.5. The van der Waals surface area contributed by atoms with Gasteiger partial charge in [-0.05, 0) is 80.2 Å². The molecule has 0 aliphatic carbocycles. The molecule has 2 heterocycles. The lowest BCUT2D eigenvalue weighted by Crippen LogP contribution is -2.61. The number of aryl methyl sites for hydroxylation is 1. The predicted octanol–water partition coefficient (Wildman–Crippen LogP) is 4.18. The number of ketones is 1. The molecule has 2 saturated heterocycles. The molecule has 5 rings (SSSR count). The van der Waals surface area contributed by atoms with Gasteiger partial charge in [-0.3, -0.25) is 28.8 Å². The first-order valence-electron chi connectivity index (χ1n) is 25.2. The molecule has 5 atom stereocenters. The second kappa shape index (κ2) is 29.1. The van der Waals surface area contributed by atoms with Crippen LogP contribution in [-0.4, -0.2) is 135 Å². The zero-order valence-electron chi connectivity index (χ0n) is 43.8. The monoisotopic (exact) mass is 1050 g/mol. The number of quaternary nitrogens is 1. The highest BCUT2D eigenvalue weighted by atomic mass is 32.2. The van der Waals surface area contributed by atoms with Crippen LogP contribution in [0.3, 0.4) is 0 Å². The minimum atomic E-state index is -3.92. The molecule has 0 radical (unpaired) electrons. The molecular formula is C55H75N5O13S. The highest BCUT2D eigenvalue weighted by molar-refractivity contribution is 7.84. The van der Waals surface area contributed by atoms with Crippen LogP contribution in [0.2, 0.25) is 0 Å². The highest BCUT2D eigenvalue weighted by Gasteiger charge is 2.50. The van der Waals surface area contributed by atoms with Crippen LogP contribution < -0.4 is 30.7 Å². The average molecular weight is 1050 g/mol. The number of amides is 4. The summed E-state index contributed by atoms with van der Waals surface area (Å²) in [5.41, 5.74) is 1.62. The van der Waals surface area contributed by atoms with Crippen LogP contribution in [0.1, 0.15) is 90.3 Å². The molecule has 74 heavy (non-hydrogen) atoms. The molecule has 2 fully saturated rings. The van der Waals surface area contributed by atoms with Gasteiger partial charge in [0.25, 0.3) is 5.91 Å². The van der Waals surface area contributed by atoms with E-state index in [1.165, 1.54) is 0 Å². The number of benzene rings is 3. The molecule has 0 aromatic heterocycles. The Morgan fingerprint density at radius 3 is 1.88 bits per heavy atom. The lowest BCUT2D eigenvalue weighted by Gasteiger charge is -2.41. The van der Waals surface area contributed by atoms with E-state index in [4.69, 9.17) is 38.3 Å². The Balaban J connectivity index is 0.00000226. The molecule has 4 amide bonds. The van der Waals surface area contributed by atoms with E-state index < -0.39 is 57.6 Å². The number of morpholine rings is 1. The van der Waals surface area contributed by atoms with Crippen LogP contribution in [0.15, 0.2) is 78.9 Å². The lowest BCUT2D eigenvalue weighted by molar-refractivity contribution is -0.940. The summed E-state index contributed by atoms with van der Waals surface area (Å²) in [4.78, 5) is 83.4. The second-order valence-electron chi connectivity index (χ2n) is 20.1. The fourth-order valence-electron chi connectivity index (χ4n) is 8.50. The van der Waals surface area contributed by atoms with Crippen LogP contribution in [-0.2, 0) is 67.7 Å². The number of nitrogens with zero attached hydrogens (tertiary/aromatic N) is 1. The van der Waals surface area contributed by atoms with Gasteiger partial charge in [0.1, 0.15) is 50.0 Å². The molecule has 3 aromatic carbocycles. The number of hydrogen-bond donors (Lipinski definition) is 4. The van der Waals surface area contributed by atoms with Gasteiger partial charge < -0.3 is 49.3 Å². The molecule has 4 N–H and O–H groups in total. The molecule has 2 aliphatic rings. The molecule has 0 saturated carbocycles. The minimum Gasteiger partial charge on any atom is -0.748 e. The highest BCUT2D eigenvalue weighted by Crippen LogP contribution is 2.32. The molecular weight excluding hydrogens is 971 g/mol. The van der Waals surface area contributed by atoms with Gasteiger partial charge in [0.2, 0.25) is 17.7 Å². The van der Waals surface area contributed by atoms with E-state index in [2.05, 4.69) is 27.2 Å². The molecule has 404 valence electrons. The number of epoxide rings is 1. The number of esters is 1. The van der Waals surface area contributed by atoms with Gasteiger partial charge in [-0.2, -0.15) is 0 Å². The Hall–Kier alpha value is -6.17. The molecule has 19 heteroatoms. The van der Waals surface area contributed by atoms with Crippen molar-refractivity contribution in [3.8, 4) is 23.8 Å². The maximum Gasteiger partial charge on any atom is 0.311 e. The summed E-state index contributed by atoms with van der Waals surface area (Å²) >= 11 is 0. The van der Waals surface area contributed by atoms with Crippen molar-refractivity contribution in [3.05, 3.63) is 95.6 Å². The third-order valence-electron chi connectivity index (χ3n) is 12.3. The number of hydrogen-bond acceptors (Lipinski definition) is 13. The quantitative estimate of drug-likeness (QED) is 0.0209. The van der Waals surface area contributed by atoms with E-state index in [0.29, 0.717) is 68.6 Å². The summed E-state index contributed by atoms with van der Waals surface area (Å²) < 4.78 is 50.1. The van der Waals surface area contributed by atoms with Crippen molar-refractivity contribution in [1.29, 1.82) is 0 Å². The average Bonchev–Trinajstić information content (AvgIpc) is 4.09. The summed E-state index contributed by atoms with van der Waals surface area (Å²) in [6.07, 6.45) is 8.43. The van der Waals surface area contributed by atoms with E-state index >= 15 is 0 Å². The second-order valence-corrected chi connectivity index (χ2v) is 21.5. The van der Waals surface area contributed by atoms with Gasteiger partial charge in [0.15, 0.2) is 23.8 Å². The third kappa shape index (κ3) is 21.4. The third-order valence-corrected chi connectivity index (χ3v) is 12.3. The van der Waals surface area contributed by atoms with Gasteiger partial charge in [-0.15, -0.1) is 6.42 Å². The van der Waals surface area contributed by atoms with Crippen LogP contribution in [0.25, 0.3) is 0 Å². The van der Waals surface area contributed by atoms with Gasteiger partial charge in [0.05, 0.1) is 36.0 Å². The van der Waals surface area contributed by atoms with Gasteiger partial charge in [-0.1, -0.05) is 101 Å². The summed E-state index contributed by atoms with van der Waals surface area (Å²) in [6.45, 7) is 13.9. The van der Waals surface area contributed by atoms with Crippen LogP contribution in [0.5, 0.6) is 11.5 Å². The number of rotatable bonds is 27. The molecule has 18 nitrogen and oxygen atoms in total. The number of ether oxygens (including phenoxy) is 4. The largest absolute Gasteiger partial charge is 0.748 e. The topological polar surface area (TPSA) is 248 Å². The first kappa shape index (κ1) is 60.4. The normalized spacial score (nSPS) is 17.4. The van der Waals surface area contributed by atoms with E-state index in [-0.39, 0.29) is 80.7 Å². The van der Waals surface area contributed by atoms with E-state index in [9.17, 15) is 28.8 Å². The van der Waals surface area contributed by atoms with Crippen molar-refractivity contribution in [2.75, 3.05) is 52.3 Å². The lowest BCUT2D eigenvalue weighted by atomic mass is 9.93.